The molecular weight excluding hydrogens is 308 g/mol. The number of esters is 1. The average molecular weight is 326 g/mol. The van der Waals surface area contributed by atoms with Gasteiger partial charge in [0.25, 0.3) is 5.56 Å². The number of hydrogen-bond acceptors (Lipinski definition) is 5. The summed E-state index contributed by atoms with van der Waals surface area (Å²) in [5, 5.41) is 0. The lowest BCUT2D eigenvalue weighted by Crippen LogP contribution is -2.17. The second kappa shape index (κ2) is 5.96. The standard InChI is InChI=1S/C18H18N2O4/c1-10-5-6-15-19-14(7-16(21)20(15)8-10)9-23-18(22)17-11(2)12(3)24-13(17)4/h5-8H,9H2,1-4H3. The second-order valence-electron chi connectivity index (χ2n) is 5.81. The number of furan rings is 1. The van der Waals surface area contributed by atoms with Crippen molar-refractivity contribution in [3.63, 3.8) is 0 Å². The van der Waals surface area contributed by atoms with E-state index in [4.69, 9.17) is 9.15 Å². The largest absolute Gasteiger partial charge is 0.465 e. The van der Waals surface area contributed by atoms with E-state index in [-0.39, 0.29) is 12.2 Å². The van der Waals surface area contributed by atoms with Crippen LogP contribution in [0.4, 0.5) is 0 Å². The van der Waals surface area contributed by atoms with Crippen LogP contribution < -0.4 is 5.56 Å². The molecule has 0 N–H and O–H groups in total. The Morgan fingerprint density at radius 3 is 2.62 bits per heavy atom. The van der Waals surface area contributed by atoms with E-state index in [1.54, 1.807) is 26.1 Å². The highest BCUT2D eigenvalue weighted by molar-refractivity contribution is 5.92. The summed E-state index contributed by atoms with van der Waals surface area (Å²) < 4.78 is 12.2. The van der Waals surface area contributed by atoms with E-state index in [0.29, 0.717) is 28.4 Å². The first-order valence-electron chi connectivity index (χ1n) is 7.59. The summed E-state index contributed by atoms with van der Waals surface area (Å²) in [5.74, 6) is 0.738. The Bertz CT molecular complexity index is 998. The molecule has 0 amide bonds. The zero-order valence-electron chi connectivity index (χ0n) is 14.0. The highest BCUT2D eigenvalue weighted by atomic mass is 16.5. The average Bonchev–Trinajstić information content (AvgIpc) is 2.78. The number of hydrogen-bond donors (Lipinski definition) is 0. The van der Waals surface area contributed by atoms with Crippen molar-refractivity contribution in [2.24, 2.45) is 0 Å². The molecule has 3 aromatic rings. The lowest BCUT2D eigenvalue weighted by molar-refractivity contribution is 0.0465. The first kappa shape index (κ1) is 16.0. The monoisotopic (exact) mass is 326 g/mol. The number of carbonyl (C=O) groups is 1. The third-order valence-electron chi connectivity index (χ3n) is 3.98. The van der Waals surface area contributed by atoms with Crippen LogP contribution in [0.1, 0.15) is 38.7 Å². The molecule has 3 aromatic heterocycles. The van der Waals surface area contributed by atoms with Crippen molar-refractivity contribution in [1.82, 2.24) is 9.38 Å². The van der Waals surface area contributed by atoms with Gasteiger partial charge in [-0.25, -0.2) is 9.78 Å². The molecule has 0 atom stereocenters. The lowest BCUT2D eigenvalue weighted by Gasteiger charge is -2.07. The molecule has 0 aliphatic carbocycles. The summed E-state index contributed by atoms with van der Waals surface area (Å²) in [5.41, 5.74) is 2.88. The van der Waals surface area contributed by atoms with Gasteiger partial charge in [0.1, 0.15) is 29.3 Å². The molecule has 0 aliphatic heterocycles. The fourth-order valence-electron chi connectivity index (χ4n) is 2.64. The molecule has 24 heavy (non-hydrogen) atoms. The highest BCUT2D eigenvalue weighted by Crippen LogP contribution is 2.21. The summed E-state index contributed by atoms with van der Waals surface area (Å²) in [6.07, 6.45) is 1.72. The Morgan fingerprint density at radius 1 is 1.21 bits per heavy atom. The minimum absolute atomic E-state index is 0.0679. The fraction of sp³-hybridized carbons (Fsp3) is 0.278. The van der Waals surface area contributed by atoms with Crippen molar-refractivity contribution in [1.29, 1.82) is 0 Å². The van der Waals surface area contributed by atoms with Crippen LogP contribution in [0.5, 0.6) is 0 Å². The van der Waals surface area contributed by atoms with E-state index >= 15 is 0 Å². The lowest BCUT2D eigenvalue weighted by atomic mass is 10.1. The number of carbonyl (C=O) groups excluding carboxylic acids is 1. The van der Waals surface area contributed by atoms with Crippen molar-refractivity contribution in [3.05, 3.63) is 68.7 Å². The van der Waals surface area contributed by atoms with Crippen LogP contribution in [0.25, 0.3) is 5.65 Å². The van der Waals surface area contributed by atoms with Crippen molar-refractivity contribution < 1.29 is 13.9 Å². The molecular formula is C18H18N2O4. The minimum Gasteiger partial charge on any atom is -0.465 e. The number of pyridine rings is 1. The Hall–Kier alpha value is -2.89. The number of rotatable bonds is 3. The molecule has 0 bridgehead atoms. The van der Waals surface area contributed by atoms with E-state index in [9.17, 15) is 9.59 Å². The predicted molar refractivity (Wildman–Crippen MR) is 88.2 cm³/mol. The molecule has 0 unspecified atom stereocenters. The molecule has 3 rings (SSSR count). The van der Waals surface area contributed by atoms with Crippen LogP contribution in [-0.2, 0) is 11.3 Å². The van der Waals surface area contributed by atoms with Gasteiger partial charge in [-0.2, -0.15) is 0 Å². The van der Waals surface area contributed by atoms with Gasteiger partial charge < -0.3 is 9.15 Å². The number of ether oxygens (including phenoxy) is 1. The number of nitrogens with zero attached hydrogens (tertiary/aromatic N) is 2. The summed E-state index contributed by atoms with van der Waals surface area (Å²) in [4.78, 5) is 28.8. The third-order valence-corrected chi connectivity index (χ3v) is 3.98. The van der Waals surface area contributed by atoms with Crippen LogP contribution in [0.3, 0.4) is 0 Å². The van der Waals surface area contributed by atoms with Gasteiger partial charge in [-0.3, -0.25) is 9.20 Å². The zero-order chi connectivity index (χ0) is 17.4. The smallest absolute Gasteiger partial charge is 0.342 e. The Morgan fingerprint density at radius 2 is 1.96 bits per heavy atom. The maximum atomic E-state index is 12.3. The van der Waals surface area contributed by atoms with Gasteiger partial charge in [0.15, 0.2) is 0 Å². The minimum atomic E-state index is -0.479. The molecule has 0 saturated carbocycles. The second-order valence-corrected chi connectivity index (χ2v) is 5.81. The molecule has 0 aromatic carbocycles. The maximum absolute atomic E-state index is 12.3. The first-order chi connectivity index (χ1) is 11.4. The van der Waals surface area contributed by atoms with E-state index in [1.807, 2.05) is 19.9 Å². The van der Waals surface area contributed by atoms with Crippen LogP contribution in [0, 0.1) is 27.7 Å². The Kier molecular flexibility index (Phi) is 3.97. The van der Waals surface area contributed by atoms with Gasteiger partial charge in [0, 0.05) is 17.8 Å². The Labute approximate surface area is 138 Å². The van der Waals surface area contributed by atoms with E-state index in [1.165, 1.54) is 10.5 Å². The van der Waals surface area contributed by atoms with Crippen LogP contribution in [0.15, 0.2) is 33.6 Å². The highest BCUT2D eigenvalue weighted by Gasteiger charge is 2.20. The molecule has 3 heterocycles. The van der Waals surface area contributed by atoms with E-state index in [0.717, 1.165) is 11.1 Å². The van der Waals surface area contributed by atoms with Crippen molar-refractivity contribution in [3.8, 4) is 0 Å². The third kappa shape index (κ3) is 2.82. The normalized spacial score (nSPS) is 11.0. The van der Waals surface area contributed by atoms with E-state index < -0.39 is 5.97 Å². The molecule has 0 radical (unpaired) electrons. The van der Waals surface area contributed by atoms with Crippen LogP contribution >= 0.6 is 0 Å². The summed E-state index contributed by atoms with van der Waals surface area (Å²) in [6.45, 7) is 7.17. The molecule has 0 aliphatic rings. The van der Waals surface area contributed by atoms with Gasteiger partial charge in [-0.1, -0.05) is 6.07 Å². The summed E-state index contributed by atoms with van der Waals surface area (Å²) in [6, 6.07) is 5.01. The zero-order valence-corrected chi connectivity index (χ0v) is 14.0. The number of aromatic nitrogens is 2. The van der Waals surface area contributed by atoms with Gasteiger partial charge in [0.2, 0.25) is 0 Å². The van der Waals surface area contributed by atoms with E-state index in [2.05, 4.69) is 4.98 Å². The van der Waals surface area contributed by atoms with Crippen molar-refractivity contribution in [2.45, 2.75) is 34.3 Å². The molecule has 0 spiro atoms. The van der Waals surface area contributed by atoms with Crippen LogP contribution in [-0.4, -0.2) is 15.4 Å². The van der Waals surface area contributed by atoms with Gasteiger partial charge in [-0.15, -0.1) is 0 Å². The molecule has 6 nitrogen and oxygen atoms in total. The van der Waals surface area contributed by atoms with Gasteiger partial charge in [-0.05, 0) is 39.3 Å². The van der Waals surface area contributed by atoms with Gasteiger partial charge in [0.05, 0.1) is 5.69 Å². The number of aryl methyl sites for hydroxylation is 3. The van der Waals surface area contributed by atoms with Crippen molar-refractivity contribution >= 4 is 11.6 Å². The van der Waals surface area contributed by atoms with Crippen LogP contribution in [0.2, 0.25) is 0 Å². The molecule has 0 fully saturated rings. The molecule has 124 valence electrons. The fourth-order valence-corrected chi connectivity index (χ4v) is 2.64. The first-order valence-corrected chi connectivity index (χ1v) is 7.59. The number of fused-ring (bicyclic) bond motifs is 1. The molecule has 6 heteroatoms. The Balaban J connectivity index is 1.84. The maximum Gasteiger partial charge on any atom is 0.342 e. The SMILES string of the molecule is Cc1ccc2nc(COC(=O)c3c(C)oc(C)c3C)cc(=O)n2c1. The quantitative estimate of drug-likeness (QED) is 0.692. The van der Waals surface area contributed by atoms with Crippen molar-refractivity contribution in [2.75, 3.05) is 0 Å². The molecule has 0 saturated heterocycles. The predicted octanol–water partition coefficient (Wildman–Crippen LogP) is 2.88. The topological polar surface area (TPSA) is 73.8 Å². The summed E-state index contributed by atoms with van der Waals surface area (Å²) >= 11 is 0. The summed E-state index contributed by atoms with van der Waals surface area (Å²) in [7, 11) is 0. The van der Waals surface area contributed by atoms with Gasteiger partial charge >= 0.3 is 5.97 Å².